The molecule has 3 nitrogen and oxygen atoms in total. The van der Waals surface area contributed by atoms with Crippen molar-refractivity contribution in [1.29, 1.82) is 0 Å². The molecule has 1 aromatic heterocycles. The zero-order valence-electron chi connectivity index (χ0n) is 12.2. The molecule has 1 fully saturated rings. The van der Waals surface area contributed by atoms with Crippen LogP contribution >= 0.6 is 11.3 Å². The molecule has 2 heterocycles. The lowest BCUT2D eigenvalue weighted by atomic mass is 9.95. The lowest BCUT2D eigenvalue weighted by molar-refractivity contribution is 0.0918. The zero-order chi connectivity index (χ0) is 15.0. The Morgan fingerprint density at radius 2 is 2.29 bits per heavy atom. The SMILES string of the molecule is Cc1c(C(=O)N[C@@H]2CCNC[C@H]2C)sc2cccc(F)c12. The Morgan fingerprint density at radius 3 is 3.00 bits per heavy atom. The summed E-state index contributed by atoms with van der Waals surface area (Å²) >= 11 is 1.37. The molecule has 5 heteroatoms. The van der Waals surface area contributed by atoms with Crippen LogP contribution in [0.25, 0.3) is 10.1 Å². The number of piperidine rings is 1. The number of rotatable bonds is 2. The molecule has 3 rings (SSSR count). The summed E-state index contributed by atoms with van der Waals surface area (Å²) in [5.74, 6) is 0.0801. The number of halogens is 1. The van der Waals surface area contributed by atoms with Crippen molar-refractivity contribution in [3.63, 3.8) is 0 Å². The Balaban J connectivity index is 1.88. The molecule has 2 atom stereocenters. The smallest absolute Gasteiger partial charge is 0.261 e. The largest absolute Gasteiger partial charge is 0.348 e. The third kappa shape index (κ3) is 2.68. The Morgan fingerprint density at radius 1 is 1.48 bits per heavy atom. The summed E-state index contributed by atoms with van der Waals surface area (Å²) in [6.45, 7) is 5.80. The van der Waals surface area contributed by atoms with Crippen molar-refractivity contribution in [1.82, 2.24) is 10.6 Å². The maximum Gasteiger partial charge on any atom is 0.261 e. The quantitative estimate of drug-likeness (QED) is 0.895. The maximum atomic E-state index is 13.9. The molecule has 1 amide bonds. The van der Waals surface area contributed by atoms with Gasteiger partial charge in [0.2, 0.25) is 0 Å². The first-order valence-corrected chi connectivity index (χ1v) is 8.08. The van der Waals surface area contributed by atoms with Crippen molar-refractivity contribution in [3.8, 4) is 0 Å². The molecule has 1 aliphatic rings. The number of nitrogens with one attached hydrogen (secondary N) is 2. The molecule has 2 aromatic rings. The Labute approximate surface area is 127 Å². The van der Waals surface area contributed by atoms with Gasteiger partial charge in [-0.25, -0.2) is 4.39 Å². The second kappa shape index (κ2) is 5.73. The summed E-state index contributed by atoms with van der Waals surface area (Å²) in [7, 11) is 0. The van der Waals surface area contributed by atoms with E-state index in [0.717, 1.165) is 29.8 Å². The Hall–Kier alpha value is -1.46. The van der Waals surface area contributed by atoms with Crippen LogP contribution in [-0.4, -0.2) is 25.0 Å². The molecule has 0 bridgehead atoms. The second-order valence-corrected chi connectivity index (χ2v) is 6.77. The van der Waals surface area contributed by atoms with Crippen LogP contribution in [0.4, 0.5) is 4.39 Å². The molecule has 112 valence electrons. The van der Waals surface area contributed by atoms with Crippen LogP contribution in [-0.2, 0) is 0 Å². The highest BCUT2D eigenvalue weighted by molar-refractivity contribution is 7.21. The summed E-state index contributed by atoms with van der Waals surface area (Å²) in [6.07, 6.45) is 0.936. The van der Waals surface area contributed by atoms with E-state index in [1.54, 1.807) is 6.07 Å². The van der Waals surface area contributed by atoms with Gasteiger partial charge in [-0.05, 0) is 50.0 Å². The van der Waals surface area contributed by atoms with Crippen LogP contribution in [0.5, 0.6) is 0 Å². The molecule has 0 aliphatic carbocycles. The molecule has 1 aromatic carbocycles. The number of benzene rings is 1. The van der Waals surface area contributed by atoms with Crippen molar-refractivity contribution in [2.45, 2.75) is 26.3 Å². The highest BCUT2D eigenvalue weighted by atomic mass is 32.1. The van der Waals surface area contributed by atoms with E-state index in [1.165, 1.54) is 17.4 Å². The van der Waals surface area contributed by atoms with Gasteiger partial charge < -0.3 is 10.6 Å². The van der Waals surface area contributed by atoms with E-state index in [0.29, 0.717) is 16.2 Å². The van der Waals surface area contributed by atoms with Gasteiger partial charge in [-0.15, -0.1) is 11.3 Å². The first kappa shape index (κ1) is 14.5. The number of carbonyl (C=O) groups is 1. The number of fused-ring (bicyclic) bond motifs is 1. The van der Waals surface area contributed by atoms with E-state index in [9.17, 15) is 9.18 Å². The van der Waals surface area contributed by atoms with Gasteiger partial charge >= 0.3 is 0 Å². The van der Waals surface area contributed by atoms with Crippen LogP contribution < -0.4 is 10.6 Å². The molecule has 2 N–H and O–H groups in total. The molecule has 0 spiro atoms. The molecule has 0 saturated carbocycles. The topological polar surface area (TPSA) is 41.1 Å². The summed E-state index contributed by atoms with van der Waals surface area (Å²) in [4.78, 5) is 13.1. The van der Waals surface area contributed by atoms with Gasteiger partial charge in [0, 0.05) is 16.1 Å². The van der Waals surface area contributed by atoms with E-state index in [2.05, 4.69) is 17.6 Å². The minimum atomic E-state index is -0.254. The predicted molar refractivity (Wildman–Crippen MR) is 84.4 cm³/mol. The predicted octanol–water partition coefficient (Wildman–Crippen LogP) is 3.08. The fourth-order valence-electron chi connectivity index (χ4n) is 2.93. The van der Waals surface area contributed by atoms with E-state index in [4.69, 9.17) is 0 Å². The van der Waals surface area contributed by atoms with Crippen molar-refractivity contribution < 1.29 is 9.18 Å². The average Bonchev–Trinajstić information content (AvgIpc) is 2.80. The molecular weight excluding hydrogens is 287 g/mol. The van der Waals surface area contributed by atoms with Crippen molar-refractivity contribution in [2.24, 2.45) is 5.92 Å². The van der Waals surface area contributed by atoms with Crippen molar-refractivity contribution in [2.75, 3.05) is 13.1 Å². The Bertz CT molecular complexity index is 682. The number of aryl methyl sites for hydroxylation is 1. The van der Waals surface area contributed by atoms with Crippen LogP contribution in [0.2, 0.25) is 0 Å². The van der Waals surface area contributed by atoms with E-state index >= 15 is 0 Å². The molecule has 0 radical (unpaired) electrons. The van der Waals surface area contributed by atoms with Gasteiger partial charge in [0.25, 0.3) is 5.91 Å². The molecule has 0 unspecified atom stereocenters. The molecule has 21 heavy (non-hydrogen) atoms. The fraction of sp³-hybridized carbons (Fsp3) is 0.438. The molecule has 1 saturated heterocycles. The first-order valence-electron chi connectivity index (χ1n) is 7.27. The third-order valence-electron chi connectivity index (χ3n) is 4.21. The van der Waals surface area contributed by atoms with Crippen LogP contribution in [0.1, 0.15) is 28.6 Å². The van der Waals surface area contributed by atoms with Gasteiger partial charge in [0.15, 0.2) is 0 Å². The van der Waals surface area contributed by atoms with E-state index in [1.807, 2.05) is 13.0 Å². The summed E-state index contributed by atoms with van der Waals surface area (Å²) in [5, 5.41) is 7.01. The number of amides is 1. The lowest BCUT2D eigenvalue weighted by Crippen LogP contribution is -2.48. The Kier molecular flexibility index (Phi) is 3.95. The van der Waals surface area contributed by atoms with E-state index in [-0.39, 0.29) is 17.8 Å². The zero-order valence-corrected chi connectivity index (χ0v) is 13.0. The minimum absolute atomic E-state index is 0.0770. The van der Waals surface area contributed by atoms with Crippen LogP contribution in [0, 0.1) is 18.7 Å². The summed E-state index contributed by atoms with van der Waals surface area (Å²) in [6, 6.07) is 5.18. The maximum absolute atomic E-state index is 13.9. The monoisotopic (exact) mass is 306 g/mol. The van der Waals surface area contributed by atoms with Crippen molar-refractivity contribution in [3.05, 3.63) is 34.5 Å². The van der Waals surface area contributed by atoms with Gasteiger partial charge in [-0.1, -0.05) is 13.0 Å². The van der Waals surface area contributed by atoms with E-state index < -0.39 is 0 Å². The highest BCUT2D eigenvalue weighted by Crippen LogP contribution is 2.32. The average molecular weight is 306 g/mol. The molecule has 1 aliphatic heterocycles. The number of thiophene rings is 1. The van der Waals surface area contributed by atoms with Gasteiger partial charge in [0.1, 0.15) is 5.82 Å². The normalized spacial score (nSPS) is 22.4. The fourth-order valence-corrected chi connectivity index (χ4v) is 4.06. The molecular formula is C16H19FN2OS. The lowest BCUT2D eigenvalue weighted by Gasteiger charge is -2.30. The summed E-state index contributed by atoms with van der Waals surface area (Å²) < 4.78 is 14.7. The first-order chi connectivity index (χ1) is 10.1. The van der Waals surface area contributed by atoms with Crippen LogP contribution in [0.3, 0.4) is 0 Å². The van der Waals surface area contributed by atoms with Crippen LogP contribution in [0.15, 0.2) is 18.2 Å². The third-order valence-corrected chi connectivity index (χ3v) is 5.47. The van der Waals surface area contributed by atoms with Gasteiger partial charge in [-0.3, -0.25) is 4.79 Å². The van der Waals surface area contributed by atoms with Crippen molar-refractivity contribution >= 4 is 27.3 Å². The number of carbonyl (C=O) groups excluding carboxylic acids is 1. The number of hydrogen-bond acceptors (Lipinski definition) is 3. The minimum Gasteiger partial charge on any atom is -0.348 e. The number of hydrogen-bond donors (Lipinski definition) is 2. The second-order valence-electron chi connectivity index (χ2n) is 5.72. The summed E-state index contributed by atoms with van der Waals surface area (Å²) in [5.41, 5.74) is 0.743. The van der Waals surface area contributed by atoms with Gasteiger partial charge in [0.05, 0.1) is 4.88 Å². The highest BCUT2D eigenvalue weighted by Gasteiger charge is 2.25. The standard InChI is InChI=1S/C16H19FN2OS/c1-9-8-18-7-6-12(9)19-16(20)15-10(2)14-11(17)4-3-5-13(14)21-15/h3-5,9,12,18H,6-8H2,1-2H3,(H,19,20)/t9-,12-/m1/s1. The van der Waals surface area contributed by atoms with Gasteiger partial charge in [-0.2, -0.15) is 0 Å².